The third kappa shape index (κ3) is 6.69. The van der Waals surface area contributed by atoms with Crippen LogP contribution in [0.15, 0.2) is 28.7 Å². The van der Waals surface area contributed by atoms with Crippen LogP contribution in [0.3, 0.4) is 0 Å². The number of anilines is 1. The van der Waals surface area contributed by atoms with E-state index in [1.165, 1.54) is 25.1 Å². The van der Waals surface area contributed by atoms with Crippen LogP contribution in [-0.4, -0.2) is 72.7 Å². The Bertz CT molecular complexity index is 683. The summed E-state index contributed by atoms with van der Waals surface area (Å²) in [6.07, 6.45) is 2.33. The summed E-state index contributed by atoms with van der Waals surface area (Å²) >= 11 is 3.54. The van der Waals surface area contributed by atoms with E-state index in [1.54, 1.807) is 0 Å². The summed E-state index contributed by atoms with van der Waals surface area (Å²) in [5.41, 5.74) is 0.912. The van der Waals surface area contributed by atoms with E-state index in [2.05, 4.69) is 68.7 Å². The number of esters is 1. The second kappa shape index (κ2) is 10.0. The minimum atomic E-state index is -0.402. The quantitative estimate of drug-likeness (QED) is 0.584. The zero-order valence-corrected chi connectivity index (χ0v) is 20.8. The molecule has 0 bridgehead atoms. The molecular weight excluding hydrogens is 442 g/mol. The van der Waals surface area contributed by atoms with Crippen molar-refractivity contribution in [1.29, 1.82) is 0 Å². The van der Waals surface area contributed by atoms with E-state index < -0.39 is 5.60 Å². The lowest BCUT2D eigenvalue weighted by Crippen LogP contribution is -2.58. The number of nitrogens with zero attached hydrogens (tertiary/aromatic N) is 3. The van der Waals surface area contributed by atoms with Gasteiger partial charge in [-0.1, -0.05) is 15.9 Å². The van der Waals surface area contributed by atoms with Gasteiger partial charge in [-0.15, -0.1) is 0 Å². The minimum Gasteiger partial charge on any atom is -0.459 e. The van der Waals surface area contributed by atoms with E-state index in [0.717, 1.165) is 36.6 Å². The number of piperidine rings is 1. The average Bonchev–Trinajstić information content (AvgIpc) is 2.63. The molecule has 0 saturated carbocycles. The highest BCUT2D eigenvalue weighted by Crippen LogP contribution is 2.28. The molecule has 2 fully saturated rings. The van der Waals surface area contributed by atoms with Crippen LogP contribution >= 0.6 is 15.9 Å². The molecule has 6 heteroatoms. The molecule has 0 radical (unpaired) electrons. The molecule has 2 aliphatic heterocycles. The lowest BCUT2D eigenvalue weighted by molar-refractivity contribution is -0.156. The van der Waals surface area contributed by atoms with Crippen LogP contribution < -0.4 is 4.90 Å². The largest absolute Gasteiger partial charge is 0.459 e. The van der Waals surface area contributed by atoms with Crippen molar-refractivity contribution < 1.29 is 9.53 Å². The number of carbonyl (C=O) groups excluding carboxylic acids is 1. The van der Waals surface area contributed by atoms with Gasteiger partial charge in [0.25, 0.3) is 0 Å². The SMILES string of the molecule is C[C@H]1CN(CC2CCN(CC(=O)OC(C)(C)C)CC2)C[C@H](C)N1c1ccc(Br)cc1. The Balaban J connectivity index is 1.45. The smallest absolute Gasteiger partial charge is 0.320 e. The van der Waals surface area contributed by atoms with Crippen molar-refractivity contribution in [3.05, 3.63) is 28.7 Å². The van der Waals surface area contributed by atoms with E-state index in [-0.39, 0.29) is 5.97 Å². The molecule has 2 aliphatic rings. The zero-order chi connectivity index (χ0) is 21.9. The summed E-state index contributed by atoms with van der Waals surface area (Å²) in [6, 6.07) is 9.70. The maximum absolute atomic E-state index is 12.1. The van der Waals surface area contributed by atoms with Gasteiger partial charge in [0, 0.05) is 41.9 Å². The van der Waals surface area contributed by atoms with Crippen LogP contribution in [0.5, 0.6) is 0 Å². The van der Waals surface area contributed by atoms with Gasteiger partial charge >= 0.3 is 5.97 Å². The number of likely N-dealkylation sites (tertiary alicyclic amines) is 1. The Labute approximate surface area is 190 Å². The highest BCUT2D eigenvalue weighted by Gasteiger charge is 2.32. The zero-order valence-electron chi connectivity index (χ0n) is 19.2. The molecule has 2 atom stereocenters. The van der Waals surface area contributed by atoms with Gasteiger partial charge in [0.15, 0.2) is 0 Å². The molecule has 0 amide bonds. The van der Waals surface area contributed by atoms with Crippen molar-refractivity contribution in [2.45, 2.75) is 65.1 Å². The second-order valence-electron chi connectivity index (χ2n) is 10.1. The van der Waals surface area contributed by atoms with Gasteiger partial charge in [0.1, 0.15) is 5.60 Å². The fourth-order valence-electron chi connectivity index (χ4n) is 4.95. The standard InChI is InChI=1S/C24H38BrN3O2/c1-18-14-27(15-19(2)28(18)22-8-6-21(25)7-9-22)16-20-10-12-26(13-11-20)17-23(29)30-24(3,4)5/h6-9,18-20H,10-17H2,1-5H3/t18-,19-/m0/s1. The highest BCUT2D eigenvalue weighted by molar-refractivity contribution is 9.10. The topological polar surface area (TPSA) is 36.0 Å². The molecular formula is C24H38BrN3O2. The number of carbonyl (C=O) groups is 1. The van der Waals surface area contributed by atoms with Crippen LogP contribution in [0.4, 0.5) is 5.69 Å². The predicted octanol–water partition coefficient (Wildman–Crippen LogP) is 4.40. The Morgan fingerprint density at radius 1 is 1.03 bits per heavy atom. The number of benzene rings is 1. The molecule has 0 aliphatic carbocycles. The normalized spacial score (nSPS) is 24.8. The molecule has 0 aromatic heterocycles. The van der Waals surface area contributed by atoms with Crippen LogP contribution in [0.25, 0.3) is 0 Å². The summed E-state index contributed by atoms with van der Waals surface area (Å²) in [6.45, 7) is 16.3. The molecule has 2 saturated heterocycles. The molecule has 1 aromatic rings. The van der Waals surface area contributed by atoms with Gasteiger partial charge in [0.2, 0.25) is 0 Å². The fourth-order valence-corrected chi connectivity index (χ4v) is 5.22. The maximum Gasteiger partial charge on any atom is 0.320 e. The van der Waals surface area contributed by atoms with Crippen LogP contribution in [0.1, 0.15) is 47.5 Å². The highest BCUT2D eigenvalue weighted by atomic mass is 79.9. The Morgan fingerprint density at radius 3 is 2.13 bits per heavy atom. The van der Waals surface area contributed by atoms with Crippen molar-refractivity contribution in [2.24, 2.45) is 5.92 Å². The molecule has 5 nitrogen and oxygen atoms in total. The summed E-state index contributed by atoms with van der Waals surface area (Å²) in [5, 5.41) is 0. The van der Waals surface area contributed by atoms with Gasteiger partial charge < -0.3 is 9.64 Å². The molecule has 1 aromatic carbocycles. The number of hydrogen-bond donors (Lipinski definition) is 0. The predicted molar refractivity (Wildman–Crippen MR) is 127 cm³/mol. The number of ether oxygens (including phenoxy) is 1. The Morgan fingerprint density at radius 2 is 1.60 bits per heavy atom. The summed E-state index contributed by atoms with van der Waals surface area (Å²) in [5.74, 6) is 0.617. The van der Waals surface area contributed by atoms with Crippen LogP contribution in [0, 0.1) is 5.92 Å². The lowest BCUT2D eigenvalue weighted by Gasteiger charge is -2.47. The Hall–Kier alpha value is -1.11. The lowest BCUT2D eigenvalue weighted by atomic mass is 9.95. The monoisotopic (exact) mass is 479 g/mol. The van der Waals surface area contributed by atoms with Crippen LogP contribution in [-0.2, 0) is 9.53 Å². The van der Waals surface area contributed by atoms with E-state index in [0.29, 0.717) is 18.6 Å². The first-order valence-corrected chi connectivity index (χ1v) is 12.1. The van der Waals surface area contributed by atoms with Gasteiger partial charge in [-0.25, -0.2) is 0 Å². The molecule has 30 heavy (non-hydrogen) atoms. The van der Waals surface area contributed by atoms with Crippen molar-refractivity contribution in [2.75, 3.05) is 44.2 Å². The number of rotatable bonds is 5. The van der Waals surface area contributed by atoms with Crippen LogP contribution in [0.2, 0.25) is 0 Å². The molecule has 3 rings (SSSR count). The first kappa shape index (κ1) is 23.6. The van der Waals surface area contributed by atoms with Crippen molar-refractivity contribution in [3.8, 4) is 0 Å². The maximum atomic E-state index is 12.1. The average molecular weight is 480 g/mol. The molecule has 2 heterocycles. The first-order valence-electron chi connectivity index (χ1n) is 11.3. The van der Waals surface area contributed by atoms with E-state index >= 15 is 0 Å². The van der Waals surface area contributed by atoms with Gasteiger partial charge in [0.05, 0.1) is 6.54 Å². The van der Waals surface area contributed by atoms with E-state index in [4.69, 9.17) is 4.74 Å². The molecule has 0 N–H and O–H groups in total. The second-order valence-corrected chi connectivity index (χ2v) is 11.0. The van der Waals surface area contributed by atoms with Crippen molar-refractivity contribution >= 4 is 27.6 Å². The summed E-state index contributed by atoms with van der Waals surface area (Å²) in [7, 11) is 0. The fraction of sp³-hybridized carbons (Fsp3) is 0.708. The van der Waals surface area contributed by atoms with Gasteiger partial charge in [-0.3, -0.25) is 14.6 Å². The summed E-state index contributed by atoms with van der Waals surface area (Å²) in [4.78, 5) is 19.5. The molecule has 0 unspecified atom stereocenters. The number of piperazine rings is 1. The molecule has 168 valence electrons. The third-order valence-electron chi connectivity index (χ3n) is 6.12. The first-order chi connectivity index (χ1) is 14.1. The third-order valence-corrected chi connectivity index (χ3v) is 6.64. The molecule has 0 spiro atoms. The number of hydrogen-bond acceptors (Lipinski definition) is 5. The van der Waals surface area contributed by atoms with Gasteiger partial charge in [-0.05, 0) is 90.7 Å². The van der Waals surface area contributed by atoms with E-state index in [1.807, 2.05) is 20.8 Å². The minimum absolute atomic E-state index is 0.104. The van der Waals surface area contributed by atoms with E-state index in [9.17, 15) is 4.79 Å². The van der Waals surface area contributed by atoms with Crippen molar-refractivity contribution in [1.82, 2.24) is 9.80 Å². The Kier molecular flexibility index (Phi) is 7.86. The summed E-state index contributed by atoms with van der Waals surface area (Å²) < 4.78 is 6.60. The van der Waals surface area contributed by atoms with Gasteiger partial charge in [-0.2, -0.15) is 0 Å². The van der Waals surface area contributed by atoms with Crippen molar-refractivity contribution in [3.63, 3.8) is 0 Å². The number of halogens is 1.